The largest absolute Gasteiger partial charge is 0.467 e. The molecular weight excluding hydrogens is 388 g/mol. The van der Waals surface area contributed by atoms with Gasteiger partial charge in [-0.05, 0) is 44.2 Å². The molecule has 0 aliphatic carbocycles. The molecule has 0 aliphatic heterocycles. The topological polar surface area (TPSA) is 120 Å². The number of primary sulfonamides is 1. The van der Waals surface area contributed by atoms with Gasteiger partial charge in [-0.1, -0.05) is 11.8 Å². The number of aryl methyl sites for hydroxylation is 1. The van der Waals surface area contributed by atoms with Gasteiger partial charge in [0.25, 0.3) is 0 Å². The van der Waals surface area contributed by atoms with Crippen molar-refractivity contribution in [2.24, 2.45) is 5.14 Å². The Morgan fingerprint density at radius 2 is 2.19 bits per heavy atom. The summed E-state index contributed by atoms with van der Waals surface area (Å²) in [6.07, 6.45) is 1.55. The summed E-state index contributed by atoms with van der Waals surface area (Å²) in [5, 5.41) is 8.26. The third-order valence-electron chi connectivity index (χ3n) is 4.00. The van der Waals surface area contributed by atoms with E-state index in [1.165, 1.54) is 23.9 Å². The maximum Gasteiger partial charge on any atom is 0.238 e. The molecule has 0 spiro atoms. The van der Waals surface area contributed by atoms with Gasteiger partial charge < -0.3 is 14.3 Å². The molecular formula is C17H20N4O4S2. The molecule has 2 aromatic heterocycles. The van der Waals surface area contributed by atoms with Gasteiger partial charge in [0.05, 0.1) is 34.0 Å². The van der Waals surface area contributed by atoms with Crippen LogP contribution in [-0.2, 0) is 27.9 Å². The van der Waals surface area contributed by atoms with Gasteiger partial charge >= 0.3 is 0 Å². The van der Waals surface area contributed by atoms with Crippen molar-refractivity contribution in [2.75, 3.05) is 0 Å². The number of thioether (sulfide) groups is 1. The van der Waals surface area contributed by atoms with Crippen LogP contribution in [0.2, 0.25) is 0 Å². The molecule has 3 N–H and O–H groups in total. The van der Waals surface area contributed by atoms with E-state index in [0.29, 0.717) is 29.5 Å². The summed E-state index contributed by atoms with van der Waals surface area (Å²) in [6.45, 7) is 4.70. The summed E-state index contributed by atoms with van der Waals surface area (Å²) in [6, 6.07) is 8.13. The lowest BCUT2D eigenvalue weighted by Crippen LogP contribution is -2.30. The first kappa shape index (κ1) is 19.5. The number of carbonyl (C=O) groups excluding carboxylic acids is 1. The molecule has 3 aromatic rings. The number of rotatable bonds is 7. The Kier molecular flexibility index (Phi) is 5.59. The number of carbonyl (C=O) groups is 1. The Hall–Kier alpha value is -2.30. The number of benzene rings is 1. The zero-order valence-corrected chi connectivity index (χ0v) is 16.5. The highest BCUT2D eigenvalue weighted by Crippen LogP contribution is 2.28. The summed E-state index contributed by atoms with van der Waals surface area (Å²) < 4.78 is 30.2. The fourth-order valence-electron chi connectivity index (χ4n) is 2.60. The number of sulfonamides is 1. The third kappa shape index (κ3) is 4.34. The number of nitrogens with two attached hydrogens (primary N) is 1. The van der Waals surface area contributed by atoms with Crippen LogP contribution >= 0.6 is 11.8 Å². The first-order chi connectivity index (χ1) is 12.8. The minimum atomic E-state index is -3.80. The fraction of sp³-hybridized carbons (Fsp3) is 0.294. The second kappa shape index (κ2) is 7.75. The van der Waals surface area contributed by atoms with E-state index < -0.39 is 10.0 Å². The number of furan rings is 1. The average molecular weight is 409 g/mol. The lowest BCUT2D eigenvalue weighted by Gasteiger charge is -2.12. The van der Waals surface area contributed by atoms with Crippen molar-refractivity contribution in [2.45, 2.75) is 42.2 Å². The Morgan fingerprint density at radius 3 is 2.81 bits per heavy atom. The van der Waals surface area contributed by atoms with Crippen LogP contribution in [0.1, 0.15) is 19.6 Å². The van der Waals surface area contributed by atoms with Gasteiger partial charge in [0, 0.05) is 6.54 Å². The number of fused-ring (bicyclic) bond motifs is 1. The summed E-state index contributed by atoms with van der Waals surface area (Å²) in [4.78, 5) is 16.8. The second-order valence-corrected chi connectivity index (χ2v) is 8.76. The van der Waals surface area contributed by atoms with Crippen molar-refractivity contribution < 1.29 is 17.6 Å². The lowest BCUT2D eigenvalue weighted by molar-refractivity contribution is -0.120. The SMILES string of the molecule is CCn1c(SC(C)C(=O)NCc2ccco2)nc2cc(S(N)(=O)=O)ccc21. The molecule has 2 heterocycles. The Labute approximate surface area is 161 Å². The van der Waals surface area contributed by atoms with E-state index in [2.05, 4.69) is 10.3 Å². The number of hydrogen-bond acceptors (Lipinski definition) is 6. The molecule has 8 nitrogen and oxygen atoms in total. The van der Waals surface area contributed by atoms with Crippen molar-refractivity contribution in [3.05, 3.63) is 42.4 Å². The van der Waals surface area contributed by atoms with E-state index in [9.17, 15) is 13.2 Å². The number of hydrogen-bond donors (Lipinski definition) is 2. The molecule has 144 valence electrons. The van der Waals surface area contributed by atoms with Gasteiger partial charge in [-0.15, -0.1) is 0 Å². The standard InChI is InChI=1S/C17H20N4O4S2/c1-3-21-15-7-6-13(27(18,23)24)9-14(15)20-17(21)26-11(2)16(22)19-10-12-5-4-8-25-12/h4-9,11H,3,10H2,1-2H3,(H,19,22)(H2,18,23,24). The van der Waals surface area contributed by atoms with Crippen LogP contribution in [-0.4, -0.2) is 29.1 Å². The maximum absolute atomic E-state index is 12.3. The second-order valence-electron chi connectivity index (χ2n) is 5.89. The van der Waals surface area contributed by atoms with Gasteiger partial charge in [-0.3, -0.25) is 4.79 Å². The van der Waals surface area contributed by atoms with E-state index in [1.54, 1.807) is 31.4 Å². The van der Waals surface area contributed by atoms with E-state index in [1.807, 2.05) is 11.5 Å². The smallest absolute Gasteiger partial charge is 0.238 e. The highest BCUT2D eigenvalue weighted by Gasteiger charge is 2.20. The summed E-state index contributed by atoms with van der Waals surface area (Å²) in [7, 11) is -3.80. The third-order valence-corrected chi connectivity index (χ3v) is 6.00. The number of nitrogens with zero attached hydrogens (tertiary/aromatic N) is 2. The van der Waals surface area contributed by atoms with Crippen LogP contribution in [0.15, 0.2) is 51.1 Å². The van der Waals surface area contributed by atoms with E-state index in [-0.39, 0.29) is 16.1 Å². The van der Waals surface area contributed by atoms with Gasteiger partial charge in [-0.2, -0.15) is 0 Å². The summed E-state index contributed by atoms with van der Waals surface area (Å²) in [5.74, 6) is 0.535. The molecule has 1 atom stereocenters. The average Bonchev–Trinajstić information content (AvgIpc) is 3.25. The quantitative estimate of drug-likeness (QED) is 0.578. The van der Waals surface area contributed by atoms with Crippen molar-refractivity contribution in [1.29, 1.82) is 0 Å². The minimum Gasteiger partial charge on any atom is -0.467 e. The normalized spacial score (nSPS) is 13.0. The predicted octanol–water partition coefficient (Wildman–Crippen LogP) is 2.09. The molecule has 0 saturated heterocycles. The summed E-state index contributed by atoms with van der Waals surface area (Å²) >= 11 is 1.31. The molecule has 1 aromatic carbocycles. The number of amides is 1. The molecule has 0 radical (unpaired) electrons. The molecule has 0 aliphatic rings. The zero-order valence-electron chi connectivity index (χ0n) is 14.9. The van der Waals surface area contributed by atoms with Crippen molar-refractivity contribution in [3.63, 3.8) is 0 Å². The van der Waals surface area contributed by atoms with Crippen LogP contribution in [0.25, 0.3) is 11.0 Å². The molecule has 0 bridgehead atoms. The van der Waals surface area contributed by atoms with Crippen molar-refractivity contribution in [3.8, 4) is 0 Å². The predicted molar refractivity (Wildman–Crippen MR) is 103 cm³/mol. The van der Waals surface area contributed by atoms with Crippen LogP contribution in [0, 0.1) is 0 Å². The lowest BCUT2D eigenvalue weighted by atomic mass is 10.3. The maximum atomic E-state index is 12.3. The molecule has 0 fully saturated rings. The number of aromatic nitrogens is 2. The van der Waals surface area contributed by atoms with Crippen LogP contribution in [0.3, 0.4) is 0 Å². The van der Waals surface area contributed by atoms with Crippen LogP contribution in [0.5, 0.6) is 0 Å². The van der Waals surface area contributed by atoms with Crippen molar-refractivity contribution >= 4 is 38.7 Å². The minimum absolute atomic E-state index is 0.0107. The Balaban J connectivity index is 1.79. The molecule has 1 amide bonds. The van der Waals surface area contributed by atoms with Gasteiger partial charge in [0.15, 0.2) is 5.16 Å². The van der Waals surface area contributed by atoms with E-state index in [0.717, 1.165) is 5.52 Å². The van der Waals surface area contributed by atoms with E-state index in [4.69, 9.17) is 9.56 Å². The molecule has 0 saturated carbocycles. The number of imidazole rings is 1. The number of nitrogens with one attached hydrogen (secondary N) is 1. The van der Waals surface area contributed by atoms with Crippen molar-refractivity contribution in [1.82, 2.24) is 14.9 Å². The fourth-order valence-corrected chi connectivity index (χ4v) is 4.15. The summed E-state index contributed by atoms with van der Waals surface area (Å²) in [5.41, 5.74) is 1.31. The van der Waals surface area contributed by atoms with Crippen LogP contribution < -0.4 is 10.5 Å². The Morgan fingerprint density at radius 1 is 1.41 bits per heavy atom. The highest BCUT2D eigenvalue weighted by atomic mass is 32.2. The van der Waals surface area contributed by atoms with Gasteiger partial charge in [-0.25, -0.2) is 18.5 Å². The monoisotopic (exact) mass is 408 g/mol. The highest BCUT2D eigenvalue weighted by molar-refractivity contribution is 8.00. The zero-order chi connectivity index (χ0) is 19.6. The van der Waals surface area contributed by atoms with Gasteiger partial charge in [0.1, 0.15) is 5.76 Å². The molecule has 3 rings (SSSR count). The van der Waals surface area contributed by atoms with E-state index >= 15 is 0 Å². The van der Waals surface area contributed by atoms with Gasteiger partial charge in [0.2, 0.25) is 15.9 Å². The first-order valence-electron chi connectivity index (χ1n) is 8.29. The molecule has 27 heavy (non-hydrogen) atoms. The van der Waals surface area contributed by atoms with Crippen LogP contribution in [0.4, 0.5) is 0 Å². The molecule has 1 unspecified atom stereocenters. The first-order valence-corrected chi connectivity index (χ1v) is 10.7. The Bertz CT molecular complexity index is 1060. The molecule has 10 heteroatoms.